The maximum atomic E-state index is 9.69. The van der Waals surface area contributed by atoms with E-state index < -0.39 is 4.93 Å². The number of hydrogen-bond acceptors (Lipinski definition) is 4. The van der Waals surface area contributed by atoms with Crippen LogP contribution >= 0.6 is 24.0 Å². The Morgan fingerprint density at radius 2 is 2.45 bits per heavy atom. The van der Waals surface area contributed by atoms with E-state index in [9.17, 15) is 5.11 Å². The van der Waals surface area contributed by atoms with Crippen LogP contribution in [0.15, 0.2) is 16.8 Å². The molecule has 60 valence electrons. The summed E-state index contributed by atoms with van der Waals surface area (Å²) >= 11 is 5.97. The van der Waals surface area contributed by atoms with Gasteiger partial charge in [-0.3, -0.25) is 0 Å². The van der Waals surface area contributed by atoms with E-state index in [0.717, 1.165) is 5.57 Å². The minimum Gasteiger partial charge on any atom is -0.375 e. The highest BCUT2D eigenvalue weighted by atomic mass is 32.2. The van der Waals surface area contributed by atoms with Gasteiger partial charge in [-0.1, -0.05) is 24.0 Å². The predicted molar refractivity (Wildman–Crippen MR) is 53.1 cm³/mol. The Bertz CT molecular complexity index is 243. The lowest BCUT2D eigenvalue weighted by molar-refractivity contribution is 0.196. The molecule has 1 rings (SSSR count). The van der Waals surface area contributed by atoms with Crippen LogP contribution in [0.1, 0.15) is 13.8 Å². The Hall–Kier alpha value is -0.190. The van der Waals surface area contributed by atoms with Gasteiger partial charge in [-0.15, -0.1) is 0 Å². The normalized spacial score (nSPS) is 30.8. The summed E-state index contributed by atoms with van der Waals surface area (Å²) in [5.74, 6) is 0. The third-order valence-corrected chi connectivity index (χ3v) is 3.05. The summed E-state index contributed by atoms with van der Waals surface area (Å²) in [5, 5.41) is 11.9. The van der Waals surface area contributed by atoms with Gasteiger partial charge in [0.05, 0.1) is 0 Å². The predicted octanol–water partition coefficient (Wildman–Crippen LogP) is 1.74. The van der Waals surface area contributed by atoms with E-state index in [1.54, 1.807) is 13.1 Å². The zero-order chi connectivity index (χ0) is 8.48. The van der Waals surface area contributed by atoms with Crippen LogP contribution < -0.4 is 0 Å². The molecule has 1 unspecified atom stereocenters. The molecule has 0 aliphatic carbocycles. The number of aliphatic imine (C=N–C) groups is 1. The van der Waals surface area contributed by atoms with E-state index >= 15 is 0 Å². The van der Waals surface area contributed by atoms with Crippen molar-refractivity contribution in [1.82, 2.24) is 0 Å². The van der Waals surface area contributed by atoms with Crippen LogP contribution in [0.5, 0.6) is 0 Å². The van der Waals surface area contributed by atoms with Gasteiger partial charge in [0.2, 0.25) is 0 Å². The first kappa shape index (κ1) is 8.90. The van der Waals surface area contributed by atoms with Gasteiger partial charge in [-0.25, -0.2) is 4.99 Å². The molecule has 0 aromatic rings. The fourth-order valence-corrected chi connectivity index (χ4v) is 1.62. The topological polar surface area (TPSA) is 32.6 Å². The fraction of sp³-hybridized carbons (Fsp3) is 0.429. The van der Waals surface area contributed by atoms with Gasteiger partial charge in [0.15, 0.2) is 0 Å². The van der Waals surface area contributed by atoms with Gasteiger partial charge in [-0.05, 0) is 19.4 Å². The van der Waals surface area contributed by atoms with Crippen molar-refractivity contribution in [3.05, 3.63) is 11.8 Å². The lowest BCUT2D eigenvalue weighted by atomic mass is 10.2. The molecule has 1 aliphatic rings. The molecule has 0 amide bonds. The molecular weight excluding hydrogens is 178 g/mol. The zero-order valence-corrected chi connectivity index (χ0v) is 8.00. The smallest absolute Gasteiger partial charge is 0.136 e. The molecule has 0 radical (unpaired) electrons. The highest BCUT2D eigenvalue weighted by Gasteiger charge is 2.27. The van der Waals surface area contributed by atoms with Crippen LogP contribution in [0.2, 0.25) is 0 Å². The van der Waals surface area contributed by atoms with Crippen LogP contribution in [0.4, 0.5) is 0 Å². The standard InChI is InChI=1S/C7H9NOS2/c1-5-3-8-6(4-10)11-7(5,2)9/h3-4,9H,1-2H3. The second-order valence-electron chi connectivity index (χ2n) is 2.48. The summed E-state index contributed by atoms with van der Waals surface area (Å²) < 4.78 is 0. The minimum absolute atomic E-state index is 0.690. The molecule has 0 saturated heterocycles. The lowest BCUT2D eigenvalue weighted by Crippen LogP contribution is -2.25. The van der Waals surface area contributed by atoms with Crippen molar-refractivity contribution in [3.63, 3.8) is 0 Å². The van der Waals surface area contributed by atoms with Gasteiger partial charge in [0.25, 0.3) is 0 Å². The Morgan fingerprint density at radius 3 is 2.91 bits per heavy atom. The van der Waals surface area contributed by atoms with E-state index in [4.69, 9.17) is 12.2 Å². The molecule has 1 N–H and O–H groups in total. The molecule has 1 atom stereocenters. The van der Waals surface area contributed by atoms with Crippen molar-refractivity contribution in [2.45, 2.75) is 18.8 Å². The average molecular weight is 187 g/mol. The Balaban J connectivity index is 2.92. The van der Waals surface area contributed by atoms with Crippen molar-refractivity contribution in [2.24, 2.45) is 4.99 Å². The zero-order valence-electron chi connectivity index (χ0n) is 6.37. The number of aliphatic hydroxyl groups is 1. The second-order valence-corrected chi connectivity index (χ2v) is 4.14. The number of nitrogens with zero attached hydrogens (tertiary/aromatic N) is 1. The molecule has 0 bridgehead atoms. The summed E-state index contributed by atoms with van der Waals surface area (Å²) in [6.07, 6.45) is 1.65. The van der Waals surface area contributed by atoms with E-state index in [-0.39, 0.29) is 0 Å². The molecule has 1 aliphatic heterocycles. The Morgan fingerprint density at radius 1 is 1.82 bits per heavy atom. The third kappa shape index (κ3) is 1.89. The van der Waals surface area contributed by atoms with Crippen molar-refractivity contribution in [1.29, 1.82) is 0 Å². The molecule has 0 spiro atoms. The van der Waals surface area contributed by atoms with Crippen molar-refractivity contribution >= 4 is 34.4 Å². The molecule has 2 nitrogen and oxygen atoms in total. The molecule has 0 aromatic carbocycles. The Labute approximate surface area is 75.4 Å². The van der Waals surface area contributed by atoms with Gasteiger partial charge in [0, 0.05) is 11.6 Å². The first-order valence-electron chi connectivity index (χ1n) is 3.18. The highest BCUT2D eigenvalue weighted by Crippen LogP contribution is 2.33. The lowest BCUT2D eigenvalue weighted by Gasteiger charge is -2.25. The summed E-state index contributed by atoms with van der Waals surface area (Å²) in [4.78, 5) is 3.18. The monoisotopic (exact) mass is 187 g/mol. The SMILES string of the molecule is CC1=CN=C(C=S)SC1(C)O. The summed E-state index contributed by atoms with van der Waals surface area (Å²) in [5.41, 5.74) is 0.850. The van der Waals surface area contributed by atoms with Gasteiger partial charge >= 0.3 is 0 Å². The molecule has 4 heteroatoms. The molecule has 0 saturated carbocycles. The molecule has 1 heterocycles. The quantitative estimate of drug-likeness (QED) is 0.635. The van der Waals surface area contributed by atoms with E-state index in [0.29, 0.717) is 5.04 Å². The fourth-order valence-electron chi connectivity index (χ4n) is 0.645. The van der Waals surface area contributed by atoms with Crippen molar-refractivity contribution < 1.29 is 5.11 Å². The molecule has 0 fully saturated rings. The summed E-state index contributed by atoms with van der Waals surface area (Å²) in [6, 6.07) is 0. The largest absolute Gasteiger partial charge is 0.375 e. The van der Waals surface area contributed by atoms with Crippen LogP contribution in [-0.2, 0) is 0 Å². The number of thiocarbonyl (C=S) groups is 1. The second kappa shape index (κ2) is 3.05. The first-order valence-corrected chi connectivity index (χ1v) is 4.46. The van der Waals surface area contributed by atoms with Crippen LogP contribution in [0.3, 0.4) is 0 Å². The molecule has 11 heavy (non-hydrogen) atoms. The summed E-state index contributed by atoms with van der Waals surface area (Å²) in [7, 11) is 0. The van der Waals surface area contributed by atoms with Gasteiger partial charge < -0.3 is 5.11 Å². The summed E-state index contributed by atoms with van der Waals surface area (Å²) in [6.45, 7) is 3.58. The average Bonchev–Trinajstić information content (AvgIpc) is 1.95. The van der Waals surface area contributed by atoms with E-state index in [1.165, 1.54) is 17.1 Å². The van der Waals surface area contributed by atoms with Gasteiger partial charge in [-0.2, -0.15) is 0 Å². The number of hydrogen-bond donors (Lipinski definition) is 1. The van der Waals surface area contributed by atoms with Gasteiger partial charge in [0.1, 0.15) is 9.98 Å². The first-order chi connectivity index (χ1) is 5.06. The van der Waals surface area contributed by atoms with E-state index in [1.807, 2.05) is 6.92 Å². The van der Waals surface area contributed by atoms with Crippen molar-refractivity contribution in [3.8, 4) is 0 Å². The molecular formula is C7H9NOS2. The molecule has 0 aromatic heterocycles. The Kier molecular flexibility index (Phi) is 2.47. The van der Waals surface area contributed by atoms with Crippen LogP contribution in [-0.4, -0.2) is 20.5 Å². The third-order valence-electron chi connectivity index (χ3n) is 1.52. The van der Waals surface area contributed by atoms with Crippen molar-refractivity contribution in [2.75, 3.05) is 0 Å². The van der Waals surface area contributed by atoms with E-state index in [2.05, 4.69) is 4.99 Å². The number of rotatable bonds is 1. The highest BCUT2D eigenvalue weighted by molar-refractivity contribution is 8.18. The van der Waals surface area contributed by atoms with Crippen LogP contribution in [0, 0.1) is 0 Å². The van der Waals surface area contributed by atoms with Crippen LogP contribution in [0.25, 0.3) is 0 Å². The minimum atomic E-state index is -0.841. The maximum Gasteiger partial charge on any atom is 0.136 e. The maximum absolute atomic E-state index is 9.69. The number of thioether (sulfide) groups is 1.